The zero-order chi connectivity index (χ0) is 19.1. The monoisotopic (exact) mass is 366 g/mol. The quantitative estimate of drug-likeness (QED) is 0.732. The molecule has 1 fully saturated rings. The molecule has 140 valence electrons. The summed E-state index contributed by atoms with van der Waals surface area (Å²) in [6.45, 7) is 1.91. The van der Waals surface area contributed by atoms with Crippen LogP contribution in [0.2, 0.25) is 0 Å². The van der Waals surface area contributed by atoms with E-state index in [-0.39, 0.29) is 12.5 Å². The fourth-order valence-corrected chi connectivity index (χ4v) is 2.78. The van der Waals surface area contributed by atoms with E-state index in [9.17, 15) is 9.59 Å². The zero-order valence-electron chi connectivity index (χ0n) is 14.9. The minimum atomic E-state index is -0.529. The lowest BCUT2D eigenvalue weighted by Gasteiger charge is -2.16. The number of amides is 2. The number of carbonyl (C=O) groups is 2. The van der Waals surface area contributed by atoms with Gasteiger partial charge >= 0.3 is 0 Å². The second-order valence-electron chi connectivity index (χ2n) is 6.25. The molecule has 1 saturated heterocycles. The van der Waals surface area contributed by atoms with Gasteiger partial charge in [-0.1, -0.05) is 12.1 Å². The van der Waals surface area contributed by atoms with Crippen molar-refractivity contribution in [3.63, 3.8) is 0 Å². The molecule has 3 rings (SSSR count). The molecular formula is C20H22N4O3. The van der Waals surface area contributed by atoms with Gasteiger partial charge in [0.1, 0.15) is 11.6 Å². The fourth-order valence-electron chi connectivity index (χ4n) is 2.78. The number of carbonyl (C=O) groups excluding carboxylic acids is 2. The number of nitrogens with one attached hydrogen (secondary N) is 1. The lowest BCUT2D eigenvalue weighted by molar-refractivity contribution is -0.120. The highest BCUT2D eigenvalue weighted by molar-refractivity contribution is 6.01. The molecule has 7 nitrogen and oxygen atoms in total. The Hall–Kier alpha value is -3.35. The SMILES string of the molecule is NC(=O)COc1ccc(/C=C/C(=O)Nc2ccc(N3CCCC3)nc2)cc1. The van der Waals surface area contributed by atoms with Crippen LogP contribution in [0.4, 0.5) is 11.5 Å². The van der Waals surface area contributed by atoms with E-state index in [0.717, 1.165) is 24.5 Å². The van der Waals surface area contributed by atoms with Gasteiger partial charge in [0, 0.05) is 19.2 Å². The lowest BCUT2D eigenvalue weighted by Crippen LogP contribution is -2.19. The van der Waals surface area contributed by atoms with Gasteiger partial charge in [-0.15, -0.1) is 0 Å². The molecule has 0 unspecified atom stereocenters. The molecule has 7 heteroatoms. The summed E-state index contributed by atoms with van der Waals surface area (Å²) < 4.78 is 5.19. The Morgan fingerprint density at radius 3 is 2.52 bits per heavy atom. The van der Waals surface area contributed by atoms with E-state index in [2.05, 4.69) is 15.2 Å². The summed E-state index contributed by atoms with van der Waals surface area (Å²) in [5, 5.41) is 2.79. The van der Waals surface area contributed by atoms with Gasteiger partial charge in [0.25, 0.3) is 5.91 Å². The Morgan fingerprint density at radius 1 is 1.15 bits per heavy atom. The molecule has 1 aliphatic heterocycles. The predicted octanol–water partition coefficient (Wildman–Crippen LogP) is 2.20. The molecule has 0 saturated carbocycles. The van der Waals surface area contributed by atoms with Gasteiger partial charge in [-0.3, -0.25) is 9.59 Å². The minimum Gasteiger partial charge on any atom is -0.484 e. The third-order valence-electron chi connectivity index (χ3n) is 4.13. The standard InChI is InChI=1S/C20H22N4O3/c21-18(25)14-27-17-7-3-15(4-8-17)5-10-20(26)23-16-6-9-19(22-13-16)24-11-1-2-12-24/h3-10,13H,1-2,11-12,14H2,(H2,21,25)(H,23,26)/b10-5+. The summed E-state index contributed by atoms with van der Waals surface area (Å²) in [6.07, 6.45) is 7.21. The minimum absolute atomic E-state index is 0.165. The van der Waals surface area contributed by atoms with E-state index >= 15 is 0 Å². The van der Waals surface area contributed by atoms with Crippen LogP contribution in [0.5, 0.6) is 5.75 Å². The first-order valence-electron chi connectivity index (χ1n) is 8.81. The number of ether oxygens (including phenoxy) is 1. The van der Waals surface area contributed by atoms with Gasteiger partial charge in [0.05, 0.1) is 11.9 Å². The van der Waals surface area contributed by atoms with Crippen LogP contribution in [-0.2, 0) is 9.59 Å². The van der Waals surface area contributed by atoms with Crippen molar-refractivity contribution >= 4 is 29.4 Å². The van der Waals surface area contributed by atoms with E-state index in [1.807, 2.05) is 12.1 Å². The number of hydrogen-bond donors (Lipinski definition) is 2. The van der Waals surface area contributed by atoms with Crippen LogP contribution in [0, 0.1) is 0 Å². The highest BCUT2D eigenvalue weighted by atomic mass is 16.5. The third-order valence-corrected chi connectivity index (χ3v) is 4.13. The van der Waals surface area contributed by atoms with Crippen molar-refractivity contribution in [3.05, 3.63) is 54.2 Å². The van der Waals surface area contributed by atoms with Gasteiger partial charge in [-0.25, -0.2) is 4.98 Å². The van der Waals surface area contributed by atoms with Gasteiger partial charge in [0.2, 0.25) is 5.91 Å². The molecule has 1 aliphatic rings. The van der Waals surface area contributed by atoms with Gasteiger partial charge in [-0.2, -0.15) is 0 Å². The first kappa shape index (κ1) is 18.4. The van der Waals surface area contributed by atoms with E-state index in [0.29, 0.717) is 11.4 Å². The Labute approximate surface area is 157 Å². The van der Waals surface area contributed by atoms with E-state index in [1.54, 1.807) is 36.5 Å². The number of primary amides is 1. The number of hydrogen-bond acceptors (Lipinski definition) is 5. The van der Waals surface area contributed by atoms with Crippen molar-refractivity contribution < 1.29 is 14.3 Å². The summed E-state index contributed by atoms with van der Waals surface area (Å²) in [5.74, 6) is 0.720. The van der Waals surface area contributed by atoms with Crippen LogP contribution in [-0.4, -0.2) is 36.5 Å². The second kappa shape index (κ2) is 8.84. The molecule has 0 radical (unpaired) electrons. The van der Waals surface area contributed by atoms with Crippen molar-refractivity contribution in [2.45, 2.75) is 12.8 Å². The molecule has 2 amide bonds. The maximum atomic E-state index is 12.1. The third kappa shape index (κ3) is 5.57. The van der Waals surface area contributed by atoms with Crippen LogP contribution in [0.3, 0.4) is 0 Å². The van der Waals surface area contributed by atoms with Gasteiger partial charge in [0.15, 0.2) is 6.61 Å². The Bertz CT molecular complexity index is 810. The first-order chi connectivity index (χ1) is 13.1. The molecular weight excluding hydrogens is 344 g/mol. The fraction of sp³-hybridized carbons (Fsp3) is 0.250. The van der Waals surface area contributed by atoms with Crippen molar-refractivity contribution in [2.75, 3.05) is 29.9 Å². The molecule has 27 heavy (non-hydrogen) atoms. The average Bonchev–Trinajstić information content (AvgIpc) is 3.21. The number of benzene rings is 1. The molecule has 3 N–H and O–H groups in total. The Morgan fingerprint density at radius 2 is 1.89 bits per heavy atom. The molecule has 0 aliphatic carbocycles. The van der Waals surface area contributed by atoms with Gasteiger partial charge < -0.3 is 20.7 Å². The zero-order valence-corrected chi connectivity index (χ0v) is 14.9. The summed E-state index contributed by atoms with van der Waals surface area (Å²) in [5.41, 5.74) is 6.52. The maximum absolute atomic E-state index is 12.1. The Balaban J connectivity index is 1.51. The van der Waals surface area contributed by atoms with Crippen LogP contribution < -0.4 is 20.7 Å². The molecule has 1 aromatic carbocycles. The highest BCUT2D eigenvalue weighted by Gasteiger charge is 2.13. The van der Waals surface area contributed by atoms with Crippen LogP contribution in [0.1, 0.15) is 18.4 Å². The van der Waals surface area contributed by atoms with E-state index < -0.39 is 5.91 Å². The summed E-state index contributed by atoms with van der Waals surface area (Å²) in [6, 6.07) is 10.8. The van der Waals surface area contributed by atoms with Gasteiger partial charge in [-0.05, 0) is 48.7 Å². The summed E-state index contributed by atoms with van der Waals surface area (Å²) in [7, 11) is 0. The summed E-state index contributed by atoms with van der Waals surface area (Å²) >= 11 is 0. The Kier molecular flexibility index (Phi) is 6.04. The molecule has 0 atom stereocenters. The topological polar surface area (TPSA) is 97.6 Å². The van der Waals surface area contributed by atoms with Crippen molar-refractivity contribution in [2.24, 2.45) is 5.73 Å². The van der Waals surface area contributed by atoms with Crippen molar-refractivity contribution in [1.82, 2.24) is 4.98 Å². The summed E-state index contributed by atoms with van der Waals surface area (Å²) in [4.78, 5) is 29.4. The van der Waals surface area contributed by atoms with Crippen LogP contribution in [0.25, 0.3) is 6.08 Å². The van der Waals surface area contributed by atoms with E-state index in [1.165, 1.54) is 18.9 Å². The van der Waals surface area contributed by atoms with Crippen LogP contribution >= 0.6 is 0 Å². The van der Waals surface area contributed by atoms with Crippen molar-refractivity contribution in [3.8, 4) is 5.75 Å². The highest BCUT2D eigenvalue weighted by Crippen LogP contribution is 2.19. The first-order valence-corrected chi connectivity index (χ1v) is 8.81. The number of rotatable bonds is 7. The number of anilines is 2. The second-order valence-corrected chi connectivity index (χ2v) is 6.25. The number of nitrogens with two attached hydrogens (primary N) is 1. The number of nitrogens with zero attached hydrogens (tertiary/aromatic N) is 2. The van der Waals surface area contributed by atoms with E-state index in [4.69, 9.17) is 10.5 Å². The number of aromatic nitrogens is 1. The number of pyridine rings is 1. The smallest absolute Gasteiger partial charge is 0.255 e. The average molecular weight is 366 g/mol. The molecule has 2 aromatic rings. The van der Waals surface area contributed by atoms with Crippen molar-refractivity contribution in [1.29, 1.82) is 0 Å². The molecule has 2 heterocycles. The maximum Gasteiger partial charge on any atom is 0.255 e. The molecule has 1 aromatic heterocycles. The van der Waals surface area contributed by atoms with Crippen LogP contribution in [0.15, 0.2) is 48.7 Å². The predicted molar refractivity (Wildman–Crippen MR) is 104 cm³/mol. The normalized spacial score (nSPS) is 13.7. The lowest BCUT2D eigenvalue weighted by atomic mass is 10.2. The largest absolute Gasteiger partial charge is 0.484 e. The molecule has 0 bridgehead atoms. The molecule has 0 spiro atoms.